The van der Waals surface area contributed by atoms with Gasteiger partial charge in [-0.25, -0.2) is 0 Å². The van der Waals surface area contributed by atoms with E-state index in [4.69, 9.17) is 5.11 Å². The highest BCUT2D eigenvalue weighted by Crippen LogP contribution is 2.26. The number of rotatable bonds is 3. The molecule has 0 aromatic heterocycles. The van der Waals surface area contributed by atoms with Crippen molar-refractivity contribution in [3.05, 3.63) is 35.4 Å². The van der Waals surface area contributed by atoms with Gasteiger partial charge in [0, 0.05) is 0 Å². The van der Waals surface area contributed by atoms with Gasteiger partial charge >= 0.3 is 5.97 Å². The minimum atomic E-state index is -0.992. The van der Waals surface area contributed by atoms with E-state index in [0.29, 0.717) is 5.56 Å². The zero-order chi connectivity index (χ0) is 12.3. The number of hydrogen-bond acceptors (Lipinski definition) is 2. The van der Waals surface area contributed by atoms with Gasteiger partial charge in [-0.2, -0.15) is 0 Å². The summed E-state index contributed by atoms with van der Waals surface area (Å²) in [5.41, 5.74) is 1.75. The zero-order valence-electron chi connectivity index (χ0n) is 9.90. The Kier molecular flexibility index (Phi) is 3.70. The molecular weight excluding hydrogens is 204 g/mol. The van der Waals surface area contributed by atoms with Crippen LogP contribution >= 0.6 is 0 Å². The van der Waals surface area contributed by atoms with Crippen LogP contribution in [0.5, 0.6) is 0 Å². The molecule has 0 spiro atoms. The predicted molar refractivity (Wildman–Crippen MR) is 62.4 cm³/mol. The van der Waals surface area contributed by atoms with Gasteiger partial charge in [0.05, 0.1) is 12.5 Å². The first-order valence-electron chi connectivity index (χ1n) is 5.31. The highest BCUT2D eigenvalue weighted by atomic mass is 16.4. The lowest BCUT2D eigenvalue weighted by molar-refractivity contribution is -0.139. The molecule has 0 bridgehead atoms. The van der Waals surface area contributed by atoms with Crippen LogP contribution in [-0.2, 0) is 10.2 Å². The monoisotopic (exact) mass is 222 g/mol. The van der Waals surface area contributed by atoms with E-state index in [0.717, 1.165) is 5.56 Å². The molecule has 0 radical (unpaired) electrons. The van der Waals surface area contributed by atoms with Gasteiger partial charge in [0.1, 0.15) is 0 Å². The van der Waals surface area contributed by atoms with Crippen LogP contribution in [0.3, 0.4) is 0 Å². The lowest BCUT2D eigenvalue weighted by atomic mass is 9.85. The maximum atomic E-state index is 10.5. The normalized spacial score (nSPS) is 13.5. The molecule has 0 amide bonds. The number of hydrogen-bond donors (Lipinski definition) is 2. The number of carboxylic acid groups (broad SMARTS) is 1. The summed E-state index contributed by atoms with van der Waals surface area (Å²) in [6.07, 6.45) is -1.19. The van der Waals surface area contributed by atoms with Crippen molar-refractivity contribution in [1.82, 2.24) is 0 Å². The summed E-state index contributed by atoms with van der Waals surface area (Å²) < 4.78 is 0. The Bertz CT molecular complexity index is 377. The van der Waals surface area contributed by atoms with Gasteiger partial charge in [-0.05, 0) is 16.5 Å². The maximum absolute atomic E-state index is 10.5. The molecule has 1 aromatic carbocycles. The minimum Gasteiger partial charge on any atom is -0.481 e. The molecule has 2 N–H and O–H groups in total. The first-order chi connectivity index (χ1) is 7.30. The first kappa shape index (κ1) is 12.7. The van der Waals surface area contributed by atoms with Gasteiger partial charge in [0.25, 0.3) is 0 Å². The SMILES string of the molecule is CC(C)(C)c1cccc([C@@H](O)CC(=O)O)c1. The van der Waals surface area contributed by atoms with Gasteiger partial charge in [-0.1, -0.05) is 45.0 Å². The Morgan fingerprint density at radius 2 is 2.00 bits per heavy atom. The summed E-state index contributed by atoms with van der Waals surface area (Å²) in [7, 11) is 0. The van der Waals surface area contributed by atoms with Crippen molar-refractivity contribution in [1.29, 1.82) is 0 Å². The molecule has 0 unspecified atom stereocenters. The molecule has 0 aliphatic heterocycles. The number of aliphatic hydroxyl groups excluding tert-OH is 1. The smallest absolute Gasteiger partial charge is 0.306 e. The third-order valence-corrected chi connectivity index (χ3v) is 2.51. The van der Waals surface area contributed by atoms with Crippen molar-refractivity contribution >= 4 is 5.97 Å². The second-order valence-electron chi connectivity index (χ2n) is 4.99. The Hall–Kier alpha value is -1.35. The highest BCUT2D eigenvalue weighted by molar-refractivity contribution is 5.67. The van der Waals surface area contributed by atoms with E-state index in [1.807, 2.05) is 18.2 Å². The Labute approximate surface area is 95.7 Å². The van der Waals surface area contributed by atoms with Crippen molar-refractivity contribution in [2.45, 2.75) is 38.7 Å². The molecule has 0 heterocycles. The first-order valence-corrected chi connectivity index (χ1v) is 5.31. The van der Waals surface area contributed by atoms with E-state index in [2.05, 4.69) is 20.8 Å². The number of aliphatic hydroxyl groups is 1. The van der Waals surface area contributed by atoms with E-state index in [1.165, 1.54) is 0 Å². The van der Waals surface area contributed by atoms with Crippen molar-refractivity contribution in [3.63, 3.8) is 0 Å². The predicted octanol–water partition coefficient (Wildman–Crippen LogP) is 2.49. The summed E-state index contributed by atoms with van der Waals surface area (Å²) in [5.74, 6) is -0.992. The Balaban J connectivity index is 2.94. The maximum Gasteiger partial charge on any atom is 0.306 e. The van der Waals surface area contributed by atoms with Gasteiger partial charge in [-0.3, -0.25) is 4.79 Å². The summed E-state index contributed by atoms with van der Waals surface area (Å²) in [5, 5.41) is 18.3. The van der Waals surface area contributed by atoms with Crippen LogP contribution in [0.4, 0.5) is 0 Å². The molecule has 0 aliphatic carbocycles. The fraction of sp³-hybridized carbons (Fsp3) is 0.462. The van der Waals surface area contributed by atoms with Crippen LogP contribution in [0.2, 0.25) is 0 Å². The van der Waals surface area contributed by atoms with Crippen LogP contribution < -0.4 is 0 Å². The van der Waals surface area contributed by atoms with Crippen molar-refractivity contribution < 1.29 is 15.0 Å². The van der Waals surface area contributed by atoms with Gasteiger partial charge in [0.2, 0.25) is 0 Å². The largest absolute Gasteiger partial charge is 0.481 e. The molecule has 1 atom stereocenters. The van der Waals surface area contributed by atoms with Gasteiger partial charge in [0.15, 0.2) is 0 Å². The molecule has 3 nitrogen and oxygen atoms in total. The Morgan fingerprint density at radius 1 is 1.38 bits per heavy atom. The molecule has 88 valence electrons. The standard InChI is InChI=1S/C13H18O3/c1-13(2,3)10-6-4-5-9(7-10)11(14)8-12(15)16/h4-7,11,14H,8H2,1-3H3,(H,15,16)/t11-/m0/s1. The van der Waals surface area contributed by atoms with E-state index in [9.17, 15) is 9.90 Å². The quantitative estimate of drug-likeness (QED) is 0.826. The van der Waals surface area contributed by atoms with Crippen LogP contribution in [0.25, 0.3) is 0 Å². The van der Waals surface area contributed by atoms with Crippen LogP contribution in [0.1, 0.15) is 44.4 Å². The van der Waals surface area contributed by atoms with Crippen molar-refractivity contribution in [3.8, 4) is 0 Å². The fourth-order valence-electron chi connectivity index (χ4n) is 1.50. The van der Waals surface area contributed by atoms with E-state index >= 15 is 0 Å². The van der Waals surface area contributed by atoms with Crippen molar-refractivity contribution in [2.24, 2.45) is 0 Å². The molecule has 0 fully saturated rings. The van der Waals surface area contributed by atoms with Crippen LogP contribution in [0.15, 0.2) is 24.3 Å². The average molecular weight is 222 g/mol. The number of carboxylic acids is 1. The van der Waals surface area contributed by atoms with Crippen LogP contribution in [0, 0.1) is 0 Å². The molecule has 3 heteroatoms. The Morgan fingerprint density at radius 3 is 2.50 bits per heavy atom. The molecule has 1 rings (SSSR count). The average Bonchev–Trinajstić information content (AvgIpc) is 2.15. The van der Waals surface area contributed by atoms with Crippen LogP contribution in [-0.4, -0.2) is 16.2 Å². The fourth-order valence-corrected chi connectivity index (χ4v) is 1.50. The van der Waals surface area contributed by atoms with E-state index < -0.39 is 12.1 Å². The van der Waals surface area contributed by atoms with Crippen molar-refractivity contribution in [2.75, 3.05) is 0 Å². The molecule has 0 aliphatic rings. The minimum absolute atomic E-state index is 0.00104. The third-order valence-electron chi connectivity index (χ3n) is 2.51. The van der Waals surface area contributed by atoms with E-state index in [1.54, 1.807) is 6.07 Å². The second kappa shape index (κ2) is 4.66. The molecule has 0 saturated heterocycles. The summed E-state index contributed by atoms with van der Waals surface area (Å²) in [6.45, 7) is 6.24. The lowest BCUT2D eigenvalue weighted by Gasteiger charge is -2.20. The molecule has 1 aromatic rings. The lowest BCUT2D eigenvalue weighted by Crippen LogP contribution is -2.12. The van der Waals surface area contributed by atoms with Gasteiger partial charge in [-0.15, -0.1) is 0 Å². The molecular formula is C13H18O3. The second-order valence-corrected chi connectivity index (χ2v) is 4.99. The number of carbonyl (C=O) groups is 1. The highest BCUT2D eigenvalue weighted by Gasteiger charge is 2.17. The zero-order valence-corrected chi connectivity index (χ0v) is 9.90. The molecule has 16 heavy (non-hydrogen) atoms. The number of benzene rings is 1. The van der Waals surface area contributed by atoms with E-state index in [-0.39, 0.29) is 11.8 Å². The summed E-state index contributed by atoms with van der Waals surface area (Å²) in [6, 6.07) is 7.45. The third kappa shape index (κ3) is 3.35. The summed E-state index contributed by atoms with van der Waals surface area (Å²) >= 11 is 0. The number of aliphatic carboxylic acids is 1. The topological polar surface area (TPSA) is 57.5 Å². The molecule has 0 saturated carbocycles. The van der Waals surface area contributed by atoms with Gasteiger partial charge < -0.3 is 10.2 Å². The summed E-state index contributed by atoms with van der Waals surface area (Å²) in [4.78, 5) is 10.5.